The summed E-state index contributed by atoms with van der Waals surface area (Å²) in [5.41, 5.74) is 1.54. The minimum atomic E-state index is -0.594. The van der Waals surface area contributed by atoms with Gasteiger partial charge in [-0.1, -0.05) is 25.1 Å². The van der Waals surface area contributed by atoms with Crippen molar-refractivity contribution in [2.24, 2.45) is 0 Å². The number of halogens is 1. The van der Waals surface area contributed by atoms with Crippen LogP contribution in [0.3, 0.4) is 0 Å². The average Bonchev–Trinajstić information content (AvgIpc) is 2.51. The van der Waals surface area contributed by atoms with Crippen LogP contribution in [0.15, 0.2) is 42.5 Å². The largest absolute Gasteiger partial charge is 0.489 e. The molecule has 0 amide bonds. The minimum Gasteiger partial charge on any atom is -0.489 e. The molecule has 108 valence electrons. The Balaban J connectivity index is 2.17. The molecule has 21 heavy (non-hydrogen) atoms. The maximum absolute atomic E-state index is 13.4. The second-order valence-corrected chi connectivity index (χ2v) is 4.71. The standard InChI is InChI=1S/C17H16FNO2/c1-2-16(20)15-5-3-4-6-17(15)21-11-13-7-12(10-19)8-14(18)9-13/h3-9,16,20H,2,11H2,1H3/t16-/m0/s1. The third kappa shape index (κ3) is 3.80. The number of nitrogens with zero attached hydrogens (tertiary/aromatic N) is 1. The summed E-state index contributed by atoms with van der Waals surface area (Å²) < 4.78 is 19.0. The van der Waals surface area contributed by atoms with Gasteiger partial charge in [-0.05, 0) is 36.2 Å². The normalized spacial score (nSPS) is 11.7. The van der Waals surface area contributed by atoms with E-state index in [2.05, 4.69) is 0 Å². The number of ether oxygens (including phenoxy) is 1. The molecule has 1 atom stereocenters. The van der Waals surface area contributed by atoms with Crippen LogP contribution in [0.2, 0.25) is 0 Å². The van der Waals surface area contributed by atoms with Gasteiger partial charge in [0.15, 0.2) is 0 Å². The molecule has 2 rings (SSSR count). The summed E-state index contributed by atoms with van der Waals surface area (Å²) in [7, 11) is 0. The molecule has 0 radical (unpaired) electrons. The maximum Gasteiger partial charge on any atom is 0.125 e. The molecule has 0 fully saturated rings. The van der Waals surface area contributed by atoms with Gasteiger partial charge in [-0.3, -0.25) is 0 Å². The molecular formula is C17H16FNO2. The van der Waals surface area contributed by atoms with Crippen molar-refractivity contribution in [3.8, 4) is 11.8 Å². The van der Waals surface area contributed by atoms with Crippen LogP contribution in [-0.4, -0.2) is 5.11 Å². The third-order valence-corrected chi connectivity index (χ3v) is 3.15. The van der Waals surface area contributed by atoms with E-state index in [0.717, 1.165) is 0 Å². The molecule has 0 aromatic heterocycles. The second kappa shape index (κ2) is 6.87. The van der Waals surface area contributed by atoms with E-state index in [9.17, 15) is 9.50 Å². The summed E-state index contributed by atoms with van der Waals surface area (Å²) in [6.45, 7) is 2.02. The molecule has 0 bridgehead atoms. The topological polar surface area (TPSA) is 53.2 Å². The van der Waals surface area contributed by atoms with Crippen molar-refractivity contribution < 1.29 is 14.2 Å². The van der Waals surface area contributed by atoms with Gasteiger partial charge in [0.25, 0.3) is 0 Å². The Kier molecular flexibility index (Phi) is 4.91. The van der Waals surface area contributed by atoms with Gasteiger partial charge in [0, 0.05) is 5.56 Å². The highest BCUT2D eigenvalue weighted by atomic mass is 19.1. The Morgan fingerprint density at radius 1 is 1.29 bits per heavy atom. The number of nitriles is 1. The summed E-state index contributed by atoms with van der Waals surface area (Å²) in [5, 5.41) is 18.8. The van der Waals surface area contributed by atoms with E-state index in [-0.39, 0.29) is 12.2 Å². The molecule has 0 spiro atoms. The van der Waals surface area contributed by atoms with Crippen molar-refractivity contribution in [1.29, 1.82) is 5.26 Å². The third-order valence-electron chi connectivity index (χ3n) is 3.15. The predicted molar refractivity (Wildman–Crippen MR) is 77.1 cm³/mol. The van der Waals surface area contributed by atoms with Gasteiger partial charge >= 0.3 is 0 Å². The fourth-order valence-corrected chi connectivity index (χ4v) is 2.07. The molecule has 1 N–H and O–H groups in total. The summed E-state index contributed by atoms with van der Waals surface area (Å²) >= 11 is 0. The first-order valence-electron chi connectivity index (χ1n) is 6.73. The van der Waals surface area contributed by atoms with E-state index >= 15 is 0 Å². The summed E-state index contributed by atoms with van der Waals surface area (Å²) in [6, 6.07) is 13.2. The number of aliphatic hydroxyl groups is 1. The van der Waals surface area contributed by atoms with Crippen LogP contribution in [0.5, 0.6) is 5.75 Å². The Hall–Kier alpha value is -2.38. The molecule has 0 aliphatic rings. The highest BCUT2D eigenvalue weighted by Gasteiger charge is 2.11. The lowest BCUT2D eigenvalue weighted by atomic mass is 10.1. The van der Waals surface area contributed by atoms with E-state index in [1.807, 2.05) is 25.1 Å². The van der Waals surface area contributed by atoms with Crippen molar-refractivity contribution in [3.05, 3.63) is 65.0 Å². The lowest BCUT2D eigenvalue weighted by molar-refractivity contribution is 0.166. The van der Waals surface area contributed by atoms with Crippen LogP contribution in [-0.2, 0) is 6.61 Å². The van der Waals surface area contributed by atoms with Gasteiger partial charge in [0.05, 0.1) is 17.7 Å². The molecule has 4 heteroatoms. The van der Waals surface area contributed by atoms with Gasteiger partial charge in [-0.15, -0.1) is 0 Å². The van der Waals surface area contributed by atoms with Crippen molar-refractivity contribution in [3.63, 3.8) is 0 Å². The zero-order chi connectivity index (χ0) is 15.2. The number of rotatable bonds is 5. The van der Waals surface area contributed by atoms with Gasteiger partial charge in [0.2, 0.25) is 0 Å². The van der Waals surface area contributed by atoms with Crippen LogP contribution >= 0.6 is 0 Å². The smallest absolute Gasteiger partial charge is 0.125 e. The number of benzene rings is 2. The molecule has 3 nitrogen and oxygen atoms in total. The average molecular weight is 285 g/mol. The first kappa shape index (κ1) is 15.0. The molecule has 0 aliphatic heterocycles. The number of aliphatic hydroxyl groups excluding tert-OH is 1. The van der Waals surface area contributed by atoms with E-state index in [4.69, 9.17) is 10.00 Å². The summed E-state index contributed by atoms with van der Waals surface area (Å²) in [4.78, 5) is 0. The first-order chi connectivity index (χ1) is 10.1. The van der Waals surface area contributed by atoms with E-state index in [0.29, 0.717) is 23.3 Å². The Bertz CT molecular complexity index is 664. The highest BCUT2D eigenvalue weighted by molar-refractivity contribution is 5.36. The molecule has 2 aromatic carbocycles. The summed E-state index contributed by atoms with van der Waals surface area (Å²) in [6.07, 6.45) is -0.0118. The number of para-hydroxylation sites is 1. The zero-order valence-corrected chi connectivity index (χ0v) is 11.7. The first-order valence-corrected chi connectivity index (χ1v) is 6.73. The second-order valence-electron chi connectivity index (χ2n) is 4.71. The predicted octanol–water partition coefficient (Wildman–Crippen LogP) is 3.72. The van der Waals surface area contributed by atoms with Crippen LogP contribution in [0.25, 0.3) is 0 Å². The van der Waals surface area contributed by atoms with Crippen molar-refractivity contribution in [1.82, 2.24) is 0 Å². The van der Waals surface area contributed by atoms with Gasteiger partial charge in [-0.2, -0.15) is 5.26 Å². The Morgan fingerprint density at radius 2 is 2.05 bits per heavy atom. The molecule has 0 heterocycles. The van der Waals surface area contributed by atoms with Crippen molar-refractivity contribution in [2.75, 3.05) is 0 Å². The zero-order valence-electron chi connectivity index (χ0n) is 11.7. The molecule has 0 saturated carbocycles. The SMILES string of the molecule is CC[C@H](O)c1ccccc1OCc1cc(F)cc(C#N)c1. The van der Waals surface area contributed by atoms with Gasteiger partial charge in [0.1, 0.15) is 18.2 Å². The number of hydrogen-bond donors (Lipinski definition) is 1. The fourth-order valence-electron chi connectivity index (χ4n) is 2.07. The van der Waals surface area contributed by atoms with Crippen LogP contribution in [0.1, 0.15) is 36.1 Å². The van der Waals surface area contributed by atoms with Crippen LogP contribution < -0.4 is 4.74 Å². The van der Waals surface area contributed by atoms with Crippen LogP contribution in [0.4, 0.5) is 4.39 Å². The Labute approximate surface area is 123 Å². The summed E-state index contributed by atoms with van der Waals surface area (Å²) in [5.74, 6) is 0.101. The number of hydrogen-bond acceptors (Lipinski definition) is 3. The van der Waals surface area contributed by atoms with E-state index in [1.54, 1.807) is 18.2 Å². The maximum atomic E-state index is 13.4. The molecular weight excluding hydrogens is 269 g/mol. The van der Waals surface area contributed by atoms with E-state index < -0.39 is 11.9 Å². The Morgan fingerprint density at radius 3 is 2.76 bits per heavy atom. The quantitative estimate of drug-likeness (QED) is 0.911. The lowest BCUT2D eigenvalue weighted by Crippen LogP contribution is -2.03. The molecule has 0 unspecified atom stereocenters. The highest BCUT2D eigenvalue weighted by Crippen LogP contribution is 2.27. The monoisotopic (exact) mass is 285 g/mol. The van der Waals surface area contributed by atoms with Crippen molar-refractivity contribution >= 4 is 0 Å². The molecule has 0 saturated heterocycles. The molecule has 2 aromatic rings. The van der Waals surface area contributed by atoms with Gasteiger partial charge in [-0.25, -0.2) is 4.39 Å². The molecule has 0 aliphatic carbocycles. The van der Waals surface area contributed by atoms with Crippen molar-refractivity contribution in [2.45, 2.75) is 26.1 Å². The van der Waals surface area contributed by atoms with Crippen LogP contribution in [0, 0.1) is 17.1 Å². The van der Waals surface area contributed by atoms with E-state index in [1.165, 1.54) is 12.1 Å². The lowest BCUT2D eigenvalue weighted by Gasteiger charge is -2.15. The fraction of sp³-hybridized carbons (Fsp3) is 0.235. The minimum absolute atomic E-state index is 0.139. The van der Waals surface area contributed by atoms with Gasteiger partial charge < -0.3 is 9.84 Å².